The molecule has 1 N–H and O–H groups in total. The third-order valence-electron chi connectivity index (χ3n) is 3.71. The Bertz CT molecular complexity index is 1010. The number of hydrogen-bond donors (Lipinski definition) is 1. The number of rotatable bonds is 7. The molecule has 0 aliphatic heterocycles. The van der Waals surface area contributed by atoms with E-state index >= 15 is 0 Å². The zero-order valence-corrected chi connectivity index (χ0v) is 16.4. The van der Waals surface area contributed by atoms with Gasteiger partial charge in [-0.05, 0) is 42.6 Å². The molecule has 1 amide bonds. The van der Waals surface area contributed by atoms with Crippen LogP contribution in [0.4, 0.5) is 5.69 Å². The maximum atomic E-state index is 12.5. The zero-order valence-electron chi connectivity index (χ0n) is 14.7. The van der Waals surface area contributed by atoms with Crippen LogP contribution in [0.15, 0.2) is 46.3 Å². The second-order valence-electron chi connectivity index (χ2n) is 5.73. The highest BCUT2D eigenvalue weighted by Crippen LogP contribution is 2.21. The van der Waals surface area contributed by atoms with Gasteiger partial charge in [-0.1, -0.05) is 11.2 Å². The maximum Gasteiger partial charge on any atom is 0.254 e. The van der Waals surface area contributed by atoms with Gasteiger partial charge in [-0.3, -0.25) is 9.52 Å². The van der Waals surface area contributed by atoms with E-state index in [-0.39, 0.29) is 18.2 Å². The number of amides is 1. The molecule has 0 fully saturated rings. The predicted molar refractivity (Wildman–Crippen MR) is 103 cm³/mol. The Kier molecular flexibility index (Phi) is 5.57. The van der Waals surface area contributed by atoms with Gasteiger partial charge in [-0.15, -0.1) is 11.3 Å². The highest BCUT2D eigenvalue weighted by Gasteiger charge is 2.17. The van der Waals surface area contributed by atoms with E-state index < -0.39 is 10.0 Å². The van der Waals surface area contributed by atoms with Gasteiger partial charge in [-0.25, -0.2) is 8.42 Å². The summed E-state index contributed by atoms with van der Waals surface area (Å²) in [5.41, 5.74) is 0.837. The van der Waals surface area contributed by atoms with Gasteiger partial charge in [0.05, 0.1) is 17.2 Å². The molecule has 27 heavy (non-hydrogen) atoms. The summed E-state index contributed by atoms with van der Waals surface area (Å²) in [5, 5.41) is 5.84. The lowest BCUT2D eigenvalue weighted by Crippen LogP contribution is -2.26. The lowest BCUT2D eigenvalue weighted by molar-refractivity contribution is 0.0769. The number of sulfonamides is 1. The summed E-state index contributed by atoms with van der Waals surface area (Å²) in [5.74, 6) is 0.569. The van der Waals surface area contributed by atoms with Gasteiger partial charge in [0, 0.05) is 18.3 Å². The van der Waals surface area contributed by atoms with Crippen LogP contribution in [0, 0.1) is 0 Å². The van der Waals surface area contributed by atoms with Crippen molar-refractivity contribution in [1.82, 2.24) is 15.0 Å². The second kappa shape index (κ2) is 7.89. The van der Waals surface area contributed by atoms with Crippen molar-refractivity contribution < 1.29 is 17.7 Å². The van der Waals surface area contributed by atoms with Crippen LogP contribution < -0.4 is 4.72 Å². The monoisotopic (exact) mass is 406 g/mol. The molecule has 0 aliphatic rings. The fourth-order valence-electron chi connectivity index (χ4n) is 2.25. The van der Waals surface area contributed by atoms with Gasteiger partial charge in [-0.2, -0.15) is 4.98 Å². The van der Waals surface area contributed by atoms with Gasteiger partial charge in [0.25, 0.3) is 5.91 Å². The minimum atomic E-state index is -3.35. The van der Waals surface area contributed by atoms with E-state index in [9.17, 15) is 13.2 Å². The molecule has 3 rings (SSSR count). The minimum Gasteiger partial charge on any atom is -0.337 e. The van der Waals surface area contributed by atoms with Crippen LogP contribution in [0.3, 0.4) is 0 Å². The molecule has 0 unspecified atom stereocenters. The van der Waals surface area contributed by atoms with Crippen LogP contribution in [0.25, 0.3) is 10.7 Å². The van der Waals surface area contributed by atoms with Gasteiger partial charge >= 0.3 is 0 Å². The fraction of sp³-hybridized carbons (Fsp3) is 0.235. The first-order valence-corrected chi connectivity index (χ1v) is 10.6. The van der Waals surface area contributed by atoms with Crippen molar-refractivity contribution in [3.05, 3.63) is 53.2 Å². The molecule has 10 heteroatoms. The van der Waals surface area contributed by atoms with Gasteiger partial charge in [0.1, 0.15) is 0 Å². The molecule has 0 atom stereocenters. The summed E-state index contributed by atoms with van der Waals surface area (Å²) in [6, 6.07) is 10.0. The Balaban J connectivity index is 1.65. The van der Waals surface area contributed by atoms with Crippen molar-refractivity contribution in [3.8, 4) is 10.7 Å². The normalized spacial score (nSPS) is 11.3. The van der Waals surface area contributed by atoms with Crippen LogP contribution in [0.2, 0.25) is 0 Å². The number of nitrogens with one attached hydrogen (secondary N) is 1. The largest absolute Gasteiger partial charge is 0.337 e. The summed E-state index contributed by atoms with van der Waals surface area (Å²) in [6.45, 7) is 1.72. The Morgan fingerprint density at radius 1 is 1.26 bits per heavy atom. The molecule has 0 saturated heterocycles. The third kappa shape index (κ3) is 4.72. The summed E-state index contributed by atoms with van der Waals surface area (Å²) in [4.78, 5) is 19.2. The average molecular weight is 406 g/mol. The van der Waals surface area contributed by atoms with Crippen molar-refractivity contribution >= 4 is 33.0 Å². The van der Waals surface area contributed by atoms with Gasteiger partial charge in [0.15, 0.2) is 0 Å². The smallest absolute Gasteiger partial charge is 0.254 e. The number of thiophene rings is 1. The van der Waals surface area contributed by atoms with E-state index in [4.69, 9.17) is 4.52 Å². The molecular formula is C17H18N4O4S2. The Morgan fingerprint density at radius 3 is 2.63 bits per heavy atom. The molecule has 1 aromatic carbocycles. The Hall–Kier alpha value is -2.72. The number of carbonyl (C=O) groups excluding carboxylic acids is 1. The van der Waals surface area contributed by atoms with Gasteiger partial charge < -0.3 is 9.42 Å². The lowest BCUT2D eigenvalue weighted by atomic mass is 10.2. The minimum absolute atomic E-state index is 0.0198. The van der Waals surface area contributed by atoms with Gasteiger partial charge in [0.2, 0.25) is 21.7 Å². The first-order valence-electron chi connectivity index (χ1n) is 8.10. The number of anilines is 1. The molecule has 2 aromatic heterocycles. The maximum absolute atomic E-state index is 12.5. The second-order valence-corrected chi connectivity index (χ2v) is 8.69. The van der Waals surface area contributed by atoms with E-state index in [0.717, 1.165) is 4.88 Å². The topological polar surface area (TPSA) is 105 Å². The van der Waals surface area contributed by atoms with E-state index in [1.54, 1.807) is 38.2 Å². The first-order chi connectivity index (χ1) is 12.9. The summed E-state index contributed by atoms with van der Waals surface area (Å²) < 4.78 is 30.8. The number of nitrogens with zero attached hydrogens (tertiary/aromatic N) is 3. The van der Waals surface area contributed by atoms with Crippen molar-refractivity contribution in [2.24, 2.45) is 0 Å². The van der Waals surface area contributed by atoms with Crippen molar-refractivity contribution in [1.29, 1.82) is 0 Å². The number of hydrogen-bond acceptors (Lipinski definition) is 7. The summed E-state index contributed by atoms with van der Waals surface area (Å²) in [7, 11) is -1.72. The molecular weight excluding hydrogens is 388 g/mol. The molecule has 0 radical (unpaired) electrons. The average Bonchev–Trinajstić information content (AvgIpc) is 3.33. The molecule has 0 spiro atoms. The van der Waals surface area contributed by atoms with Crippen molar-refractivity contribution in [2.45, 2.75) is 13.5 Å². The quantitative estimate of drug-likeness (QED) is 0.647. The van der Waals surface area contributed by atoms with Crippen LogP contribution in [-0.4, -0.2) is 42.2 Å². The first kappa shape index (κ1) is 19.1. The molecule has 0 bridgehead atoms. The Labute approximate surface area is 160 Å². The SMILES string of the molecule is CCS(=O)(=O)Nc1ccc(C(=O)N(C)Cc2nc(-c3cccs3)no2)cc1. The highest BCUT2D eigenvalue weighted by atomic mass is 32.2. The van der Waals surface area contributed by atoms with Crippen LogP contribution in [-0.2, 0) is 16.6 Å². The summed E-state index contributed by atoms with van der Waals surface area (Å²) >= 11 is 1.50. The number of aromatic nitrogens is 2. The highest BCUT2D eigenvalue weighted by molar-refractivity contribution is 7.92. The molecule has 2 heterocycles. The number of carbonyl (C=O) groups is 1. The van der Waals surface area contributed by atoms with E-state index in [1.807, 2.05) is 17.5 Å². The van der Waals surface area contributed by atoms with Crippen LogP contribution in [0.1, 0.15) is 23.2 Å². The molecule has 0 aliphatic carbocycles. The van der Waals surface area contributed by atoms with Crippen LogP contribution >= 0.6 is 11.3 Å². The zero-order chi connectivity index (χ0) is 19.4. The standard InChI is InChI=1S/C17H18N4O4S2/c1-3-27(23,24)20-13-8-6-12(7-9-13)17(22)21(2)11-15-18-16(19-25-15)14-5-4-10-26-14/h4-10,20H,3,11H2,1-2H3. The number of benzene rings is 1. The third-order valence-corrected chi connectivity index (χ3v) is 5.89. The fourth-order valence-corrected chi connectivity index (χ4v) is 3.54. The van der Waals surface area contributed by atoms with Crippen LogP contribution in [0.5, 0.6) is 0 Å². The predicted octanol–water partition coefficient (Wildman–Crippen LogP) is 2.83. The lowest BCUT2D eigenvalue weighted by Gasteiger charge is -2.15. The summed E-state index contributed by atoms with van der Waals surface area (Å²) in [6.07, 6.45) is 0. The van der Waals surface area contributed by atoms with Crippen molar-refractivity contribution in [3.63, 3.8) is 0 Å². The molecule has 3 aromatic rings. The molecule has 0 saturated carbocycles. The van der Waals surface area contributed by atoms with E-state index in [0.29, 0.717) is 23.0 Å². The van der Waals surface area contributed by atoms with Crippen molar-refractivity contribution in [2.75, 3.05) is 17.5 Å². The Morgan fingerprint density at radius 2 is 2.00 bits per heavy atom. The molecule has 8 nitrogen and oxygen atoms in total. The van der Waals surface area contributed by atoms with E-state index in [2.05, 4.69) is 14.9 Å². The van der Waals surface area contributed by atoms with E-state index in [1.165, 1.54) is 16.2 Å². The molecule has 142 valence electrons.